The van der Waals surface area contributed by atoms with Crippen LogP contribution in [0.5, 0.6) is 0 Å². The third kappa shape index (κ3) is 2.25. The third-order valence-corrected chi connectivity index (χ3v) is 3.21. The lowest BCUT2D eigenvalue weighted by Crippen LogP contribution is -2.21. The highest BCUT2D eigenvalue weighted by molar-refractivity contribution is 7.88. The lowest BCUT2D eigenvalue weighted by Gasteiger charge is -2.02. The van der Waals surface area contributed by atoms with Gasteiger partial charge in [0.2, 0.25) is 10.0 Å². The highest BCUT2D eigenvalue weighted by Crippen LogP contribution is 2.21. The van der Waals surface area contributed by atoms with Crippen LogP contribution in [0.1, 0.15) is 11.3 Å². The van der Waals surface area contributed by atoms with E-state index in [1.807, 2.05) is 31.2 Å². The number of rotatable bonds is 3. The van der Waals surface area contributed by atoms with Gasteiger partial charge in [0.05, 0.1) is 6.26 Å². The van der Waals surface area contributed by atoms with E-state index in [1.54, 1.807) is 0 Å². The number of sulfonamides is 1. The van der Waals surface area contributed by atoms with Gasteiger partial charge in [-0.1, -0.05) is 18.2 Å². The van der Waals surface area contributed by atoms with Crippen LogP contribution in [0.3, 0.4) is 0 Å². The van der Waals surface area contributed by atoms with Crippen molar-refractivity contribution in [3.8, 4) is 0 Å². The van der Waals surface area contributed by atoms with Crippen molar-refractivity contribution in [1.29, 1.82) is 0 Å². The standard InChI is InChI=1S/C11H14N2O2S/c1-8-10(7-12-16(2,14)15)9-5-3-4-6-11(9)13-8/h3-6,12-13H,7H2,1-2H3. The zero-order valence-electron chi connectivity index (χ0n) is 9.24. The summed E-state index contributed by atoms with van der Waals surface area (Å²) in [5.74, 6) is 0. The first-order valence-corrected chi connectivity index (χ1v) is 6.87. The molecule has 1 aromatic heterocycles. The molecule has 4 nitrogen and oxygen atoms in total. The predicted molar refractivity (Wildman–Crippen MR) is 64.7 cm³/mol. The van der Waals surface area contributed by atoms with Gasteiger partial charge in [0.15, 0.2) is 0 Å². The van der Waals surface area contributed by atoms with Gasteiger partial charge >= 0.3 is 0 Å². The Morgan fingerprint density at radius 1 is 1.31 bits per heavy atom. The maximum absolute atomic E-state index is 11.1. The molecule has 0 fully saturated rings. The van der Waals surface area contributed by atoms with Gasteiger partial charge in [-0.2, -0.15) is 0 Å². The normalized spacial score (nSPS) is 12.1. The molecule has 0 unspecified atom stereocenters. The van der Waals surface area contributed by atoms with E-state index in [2.05, 4.69) is 9.71 Å². The summed E-state index contributed by atoms with van der Waals surface area (Å²) in [6, 6.07) is 7.86. The molecule has 1 aromatic carbocycles. The first-order chi connectivity index (χ1) is 7.47. The van der Waals surface area contributed by atoms with Crippen LogP contribution in [0.2, 0.25) is 0 Å². The Balaban J connectivity index is 2.40. The number of nitrogens with one attached hydrogen (secondary N) is 2. The fraction of sp³-hybridized carbons (Fsp3) is 0.273. The molecule has 0 spiro atoms. The van der Waals surface area contributed by atoms with Crippen molar-refractivity contribution in [2.24, 2.45) is 0 Å². The minimum atomic E-state index is -3.15. The molecule has 0 amide bonds. The van der Waals surface area contributed by atoms with Gasteiger partial charge in [-0.3, -0.25) is 0 Å². The number of para-hydroxylation sites is 1. The summed E-state index contributed by atoms with van der Waals surface area (Å²) in [6.07, 6.45) is 1.16. The van der Waals surface area contributed by atoms with Crippen molar-refractivity contribution in [3.63, 3.8) is 0 Å². The second-order valence-corrected chi connectivity index (χ2v) is 5.70. The second-order valence-electron chi connectivity index (χ2n) is 3.87. The molecule has 2 aromatic rings. The zero-order chi connectivity index (χ0) is 11.8. The lowest BCUT2D eigenvalue weighted by molar-refractivity contribution is 0.587. The van der Waals surface area contributed by atoms with Crippen molar-refractivity contribution in [1.82, 2.24) is 9.71 Å². The van der Waals surface area contributed by atoms with E-state index in [9.17, 15) is 8.42 Å². The summed E-state index contributed by atoms with van der Waals surface area (Å²) < 4.78 is 24.6. The van der Waals surface area contributed by atoms with Crippen LogP contribution in [0.25, 0.3) is 10.9 Å². The third-order valence-electron chi connectivity index (χ3n) is 2.54. The van der Waals surface area contributed by atoms with Crippen LogP contribution < -0.4 is 4.72 Å². The Morgan fingerprint density at radius 3 is 2.69 bits per heavy atom. The average molecular weight is 238 g/mol. The van der Waals surface area contributed by atoms with E-state index in [4.69, 9.17) is 0 Å². The van der Waals surface area contributed by atoms with Gasteiger partial charge < -0.3 is 4.98 Å². The molecule has 0 saturated carbocycles. The van der Waals surface area contributed by atoms with Crippen LogP contribution in [-0.4, -0.2) is 19.7 Å². The molecule has 2 N–H and O–H groups in total. The van der Waals surface area contributed by atoms with E-state index in [0.29, 0.717) is 6.54 Å². The van der Waals surface area contributed by atoms with E-state index in [0.717, 1.165) is 28.4 Å². The van der Waals surface area contributed by atoms with Gasteiger partial charge in [-0.25, -0.2) is 13.1 Å². The number of aromatic nitrogens is 1. The quantitative estimate of drug-likeness (QED) is 0.851. The number of aromatic amines is 1. The summed E-state index contributed by atoms with van der Waals surface area (Å²) in [5.41, 5.74) is 3.03. The van der Waals surface area contributed by atoms with Crippen LogP contribution in [-0.2, 0) is 16.6 Å². The molecule has 2 rings (SSSR count). The minimum absolute atomic E-state index is 0.328. The number of aryl methyl sites for hydroxylation is 1. The molecule has 0 aliphatic carbocycles. The topological polar surface area (TPSA) is 62.0 Å². The maximum atomic E-state index is 11.1. The summed E-state index contributed by atoms with van der Waals surface area (Å²) in [6.45, 7) is 2.27. The number of hydrogen-bond donors (Lipinski definition) is 2. The van der Waals surface area contributed by atoms with Crippen molar-refractivity contribution in [2.45, 2.75) is 13.5 Å². The molecule has 0 atom stereocenters. The fourth-order valence-electron chi connectivity index (χ4n) is 1.77. The summed E-state index contributed by atoms with van der Waals surface area (Å²) in [4.78, 5) is 3.23. The average Bonchev–Trinajstić information content (AvgIpc) is 2.49. The monoisotopic (exact) mass is 238 g/mol. The molecule has 0 aliphatic heterocycles. The molecule has 0 bridgehead atoms. The Hall–Kier alpha value is -1.33. The smallest absolute Gasteiger partial charge is 0.209 e. The van der Waals surface area contributed by atoms with Crippen LogP contribution in [0, 0.1) is 6.92 Å². The number of hydrogen-bond acceptors (Lipinski definition) is 2. The van der Waals surface area contributed by atoms with Gasteiger partial charge in [0.25, 0.3) is 0 Å². The highest BCUT2D eigenvalue weighted by atomic mass is 32.2. The van der Waals surface area contributed by atoms with Gasteiger partial charge in [0, 0.05) is 23.1 Å². The Bertz CT molecular complexity index is 614. The summed E-state index contributed by atoms with van der Waals surface area (Å²) >= 11 is 0. The first kappa shape index (κ1) is 11.2. The Morgan fingerprint density at radius 2 is 2.00 bits per heavy atom. The minimum Gasteiger partial charge on any atom is -0.358 e. The van der Waals surface area contributed by atoms with Crippen molar-refractivity contribution >= 4 is 20.9 Å². The Kier molecular flexibility index (Phi) is 2.73. The van der Waals surface area contributed by atoms with Crippen molar-refractivity contribution in [3.05, 3.63) is 35.5 Å². The van der Waals surface area contributed by atoms with Gasteiger partial charge in [-0.05, 0) is 18.6 Å². The van der Waals surface area contributed by atoms with E-state index < -0.39 is 10.0 Å². The molecular formula is C11H14N2O2S. The van der Waals surface area contributed by atoms with Gasteiger partial charge in [0.1, 0.15) is 0 Å². The van der Waals surface area contributed by atoms with E-state index >= 15 is 0 Å². The molecule has 1 heterocycles. The second kappa shape index (κ2) is 3.92. The molecule has 0 aliphatic rings. The highest BCUT2D eigenvalue weighted by Gasteiger charge is 2.09. The molecule has 0 saturated heterocycles. The Labute approximate surface area is 94.7 Å². The maximum Gasteiger partial charge on any atom is 0.209 e. The number of fused-ring (bicyclic) bond motifs is 1. The van der Waals surface area contributed by atoms with Crippen LogP contribution >= 0.6 is 0 Å². The predicted octanol–water partition coefficient (Wildman–Crippen LogP) is 1.53. The SMILES string of the molecule is Cc1[nH]c2ccccc2c1CNS(C)(=O)=O. The van der Waals surface area contributed by atoms with Crippen LogP contribution in [0.15, 0.2) is 24.3 Å². The first-order valence-electron chi connectivity index (χ1n) is 4.98. The van der Waals surface area contributed by atoms with E-state index in [1.165, 1.54) is 0 Å². The molecular weight excluding hydrogens is 224 g/mol. The number of benzene rings is 1. The van der Waals surface area contributed by atoms with Crippen molar-refractivity contribution in [2.75, 3.05) is 6.26 Å². The molecule has 16 heavy (non-hydrogen) atoms. The van der Waals surface area contributed by atoms with Crippen molar-refractivity contribution < 1.29 is 8.42 Å². The molecule has 0 radical (unpaired) electrons. The largest absolute Gasteiger partial charge is 0.358 e. The summed E-state index contributed by atoms with van der Waals surface area (Å²) in [7, 11) is -3.15. The zero-order valence-corrected chi connectivity index (χ0v) is 10.1. The van der Waals surface area contributed by atoms with Gasteiger partial charge in [-0.15, -0.1) is 0 Å². The van der Waals surface area contributed by atoms with Crippen LogP contribution in [0.4, 0.5) is 0 Å². The molecule has 5 heteroatoms. The number of H-pyrrole nitrogens is 1. The fourth-order valence-corrected chi connectivity index (χ4v) is 2.17. The lowest BCUT2D eigenvalue weighted by atomic mass is 10.1. The summed E-state index contributed by atoms with van der Waals surface area (Å²) in [5, 5.41) is 1.07. The van der Waals surface area contributed by atoms with E-state index in [-0.39, 0.29) is 0 Å². The molecule has 86 valence electrons.